The topological polar surface area (TPSA) is 83.6 Å². The number of amides is 1. The van der Waals surface area contributed by atoms with E-state index < -0.39 is 0 Å². The maximum Gasteiger partial charge on any atom is 0.263 e. The molecular weight excluding hydrogens is 306 g/mol. The van der Waals surface area contributed by atoms with E-state index >= 15 is 0 Å². The number of aromatic amines is 1. The van der Waals surface area contributed by atoms with Gasteiger partial charge in [-0.05, 0) is 18.4 Å². The van der Waals surface area contributed by atoms with Gasteiger partial charge in [-0.25, -0.2) is 9.97 Å². The number of aryl methyl sites for hydroxylation is 1. The summed E-state index contributed by atoms with van der Waals surface area (Å²) in [5, 5.41) is 14.3. The SMILES string of the molecule is Cc1nc(-c2ccsc2)sc1C(=O)NCCc1ncn[nH]1. The first-order chi connectivity index (χ1) is 10.2. The van der Waals surface area contributed by atoms with Gasteiger partial charge in [-0.2, -0.15) is 16.4 Å². The Labute approximate surface area is 129 Å². The van der Waals surface area contributed by atoms with Crippen LogP contribution in [0.4, 0.5) is 0 Å². The van der Waals surface area contributed by atoms with Crippen molar-refractivity contribution >= 4 is 28.6 Å². The van der Waals surface area contributed by atoms with Gasteiger partial charge in [-0.15, -0.1) is 11.3 Å². The lowest BCUT2D eigenvalue weighted by atomic mass is 10.3. The van der Waals surface area contributed by atoms with Gasteiger partial charge in [0, 0.05) is 23.9 Å². The molecule has 3 aromatic rings. The number of hydrogen-bond acceptors (Lipinski definition) is 6. The molecule has 108 valence electrons. The molecule has 0 atom stereocenters. The molecule has 0 fully saturated rings. The maximum atomic E-state index is 12.2. The molecule has 1 amide bonds. The van der Waals surface area contributed by atoms with E-state index in [4.69, 9.17) is 0 Å². The molecule has 0 unspecified atom stereocenters. The maximum absolute atomic E-state index is 12.2. The quantitative estimate of drug-likeness (QED) is 0.755. The highest BCUT2D eigenvalue weighted by Crippen LogP contribution is 2.29. The summed E-state index contributed by atoms with van der Waals surface area (Å²) < 4.78 is 0. The lowest BCUT2D eigenvalue weighted by Crippen LogP contribution is -2.25. The van der Waals surface area contributed by atoms with E-state index in [1.54, 1.807) is 11.3 Å². The fourth-order valence-electron chi connectivity index (χ4n) is 1.84. The Bertz CT molecular complexity index is 718. The molecule has 3 rings (SSSR count). The highest BCUT2D eigenvalue weighted by Gasteiger charge is 2.16. The van der Waals surface area contributed by atoms with Gasteiger partial charge in [0.25, 0.3) is 5.91 Å². The summed E-state index contributed by atoms with van der Waals surface area (Å²) in [5.41, 5.74) is 1.83. The van der Waals surface area contributed by atoms with Gasteiger partial charge in [0.2, 0.25) is 0 Å². The Morgan fingerprint density at radius 2 is 2.38 bits per heavy atom. The van der Waals surface area contributed by atoms with Gasteiger partial charge in [0.05, 0.1) is 5.69 Å². The van der Waals surface area contributed by atoms with E-state index in [0.717, 1.165) is 22.1 Å². The lowest BCUT2D eigenvalue weighted by Gasteiger charge is -2.01. The van der Waals surface area contributed by atoms with Crippen molar-refractivity contribution in [1.29, 1.82) is 0 Å². The van der Waals surface area contributed by atoms with Crippen LogP contribution < -0.4 is 5.32 Å². The third kappa shape index (κ3) is 3.17. The van der Waals surface area contributed by atoms with Crippen molar-refractivity contribution in [1.82, 2.24) is 25.5 Å². The first-order valence-electron chi connectivity index (χ1n) is 6.36. The van der Waals surface area contributed by atoms with Crippen LogP contribution in [0.5, 0.6) is 0 Å². The van der Waals surface area contributed by atoms with Crippen molar-refractivity contribution in [2.75, 3.05) is 6.54 Å². The molecule has 3 heterocycles. The number of carbonyl (C=O) groups is 1. The summed E-state index contributed by atoms with van der Waals surface area (Å²) in [7, 11) is 0. The molecule has 6 nitrogen and oxygen atoms in total. The van der Waals surface area contributed by atoms with Gasteiger partial charge >= 0.3 is 0 Å². The molecule has 0 aromatic carbocycles. The monoisotopic (exact) mass is 319 g/mol. The molecule has 3 aromatic heterocycles. The van der Waals surface area contributed by atoms with Crippen LogP contribution in [-0.2, 0) is 6.42 Å². The first kappa shape index (κ1) is 13.9. The zero-order valence-electron chi connectivity index (χ0n) is 11.3. The average Bonchev–Trinajstić information content (AvgIpc) is 3.19. The number of rotatable bonds is 5. The predicted molar refractivity (Wildman–Crippen MR) is 82.6 cm³/mol. The number of carbonyl (C=O) groups excluding carboxylic acids is 1. The number of hydrogen-bond donors (Lipinski definition) is 2. The number of thiazole rings is 1. The van der Waals surface area contributed by atoms with Crippen LogP contribution in [0, 0.1) is 6.92 Å². The predicted octanol–water partition coefficient (Wildman–Crippen LogP) is 2.27. The Kier molecular flexibility index (Phi) is 4.07. The van der Waals surface area contributed by atoms with Gasteiger partial charge in [0.15, 0.2) is 0 Å². The van der Waals surface area contributed by atoms with Gasteiger partial charge in [-0.3, -0.25) is 9.89 Å². The van der Waals surface area contributed by atoms with Crippen LogP contribution in [0.2, 0.25) is 0 Å². The largest absolute Gasteiger partial charge is 0.351 e. The molecule has 2 N–H and O–H groups in total. The Morgan fingerprint density at radius 1 is 1.48 bits per heavy atom. The van der Waals surface area contributed by atoms with E-state index in [-0.39, 0.29) is 5.91 Å². The summed E-state index contributed by atoms with van der Waals surface area (Å²) in [6.45, 7) is 2.37. The minimum atomic E-state index is -0.0917. The third-order valence-electron chi connectivity index (χ3n) is 2.88. The second-order valence-corrected chi connectivity index (χ2v) is 6.16. The summed E-state index contributed by atoms with van der Waals surface area (Å²) >= 11 is 3.04. The number of nitrogens with one attached hydrogen (secondary N) is 2. The second-order valence-electron chi connectivity index (χ2n) is 4.38. The van der Waals surface area contributed by atoms with Crippen LogP contribution in [0.1, 0.15) is 21.2 Å². The number of thiophene rings is 1. The Balaban J connectivity index is 1.64. The van der Waals surface area contributed by atoms with Crippen LogP contribution in [0.25, 0.3) is 10.6 Å². The molecule has 0 radical (unpaired) electrons. The Hall–Kier alpha value is -2.06. The van der Waals surface area contributed by atoms with Crippen molar-refractivity contribution < 1.29 is 4.79 Å². The molecule has 0 spiro atoms. The smallest absolute Gasteiger partial charge is 0.263 e. The minimum Gasteiger partial charge on any atom is -0.351 e. The van der Waals surface area contributed by atoms with E-state index in [1.165, 1.54) is 17.7 Å². The molecule has 0 bridgehead atoms. The van der Waals surface area contributed by atoms with Crippen LogP contribution in [0.3, 0.4) is 0 Å². The summed E-state index contributed by atoms with van der Waals surface area (Å²) in [5.74, 6) is 0.668. The van der Waals surface area contributed by atoms with Crippen molar-refractivity contribution in [3.63, 3.8) is 0 Å². The molecule has 0 aliphatic rings. The number of nitrogens with zero attached hydrogens (tertiary/aromatic N) is 3. The lowest BCUT2D eigenvalue weighted by molar-refractivity contribution is 0.0957. The molecule has 0 saturated carbocycles. The zero-order chi connectivity index (χ0) is 14.7. The molecule has 0 saturated heterocycles. The molecule has 0 aliphatic heterocycles. The highest BCUT2D eigenvalue weighted by atomic mass is 32.1. The van der Waals surface area contributed by atoms with E-state index in [1.807, 2.05) is 23.8 Å². The molecule has 0 aliphatic carbocycles. The van der Waals surface area contributed by atoms with Crippen molar-refractivity contribution in [3.8, 4) is 10.6 Å². The number of aromatic nitrogens is 4. The van der Waals surface area contributed by atoms with Gasteiger partial charge < -0.3 is 5.32 Å². The zero-order valence-corrected chi connectivity index (χ0v) is 12.9. The fourth-order valence-corrected chi connectivity index (χ4v) is 3.54. The molecule has 8 heteroatoms. The van der Waals surface area contributed by atoms with Crippen LogP contribution in [0.15, 0.2) is 23.2 Å². The van der Waals surface area contributed by atoms with Crippen molar-refractivity contribution in [3.05, 3.63) is 39.5 Å². The van der Waals surface area contributed by atoms with Crippen molar-refractivity contribution in [2.45, 2.75) is 13.3 Å². The van der Waals surface area contributed by atoms with E-state index in [2.05, 4.69) is 25.5 Å². The first-order valence-corrected chi connectivity index (χ1v) is 8.12. The third-order valence-corrected chi connectivity index (χ3v) is 4.77. The van der Waals surface area contributed by atoms with E-state index in [0.29, 0.717) is 17.8 Å². The summed E-state index contributed by atoms with van der Waals surface area (Å²) in [6, 6.07) is 2.01. The number of H-pyrrole nitrogens is 1. The van der Waals surface area contributed by atoms with Crippen LogP contribution in [-0.4, -0.2) is 32.6 Å². The standard InChI is InChI=1S/C13H13N5OS2/c1-8-11(21-13(17-8)9-3-5-20-6-9)12(19)14-4-2-10-15-7-16-18-10/h3,5-7H,2,4H2,1H3,(H,14,19)(H,15,16,18). The minimum absolute atomic E-state index is 0.0917. The molecular formula is C13H13N5OS2. The van der Waals surface area contributed by atoms with E-state index in [9.17, 15) is 4.79 Å². The molecule has 21 heavy (non-hydrogen) atoms. The van der Waals surface area contributed by atoms with Gasteiger partial charge in [0.1, 0.15) is 22.0 Å². The van der Waals surface area contributed by atoms with Crippen LogP contribution >= 0.6 is 22.7 Å². The summed E-state index contributed by atoms with van der Waals surface area (Å²) in [4.78, 5) is 21.3. The highest BCUT2D eigenvalue weighted by molar-refractivity contribution is 7.17. The normalized spacial score (nSPS) is 10.7. The summed E-state index contributed by atoms with van der Waals surface area (Å²) in [6.07, 6.45) is 2.08. The second kappa shape index (κ2) is 6.15. The van der Waals surface area contributed by atoms with Crippen molar-refractivity contribution in [2.24, 2.45) is 0 Å². The fraction of sp³-hybridized carbons (Fsp3) is 0.231. The average molecular weight is 319 g/mol. The van der Waals surface area contributed by atoms with Gasteiger partial charge in [-0.1, -0.05) is 0 Å². The Morgan fingerprint density at radius 3 is 3.10 bits per heavy atom.